The Balaban J connectivity index is 1.33. The van der Waals surface area contributed by atoms with Gasteiger partial charge in [-0.1, -0.05) is 47.2 Å². The lowest BCUT2D eigenvalue weighted by molar-refractivity contribution is -0.118. The standard InChI is InChI=1S/C21H18ClN3O3S/c22-14-4-2-1-3-13(14)18(23)17-10-24-20(29-17)25-19(26)21(7-8-21)12-5-6-15-16(9-12)28-11-27-15/h1-6,9-10,18H,7-8,11,23H2,(H,24,25,26). The summed E-state index contributed by atoms with van der Waals surface area (Å²) in [6, 6.07) is 12.8. The Kier molecular flexibility index (Phi) is 4.46. The van der Waals surface area contributed by atoms with Gasteiger partial charge in [-0.2, -0.15) is 0 Å². The van der Waals surface area contributed by atoms with Crippen LogP contribution in [0.25, 0.3) is 0 Å². The number of fused-ring (bicyclic) bond motifs is 1. The molecule has 1 amide bonds. The maximum Gasteiger partial charge on any atom is 0.236 e. The lowest BCUT2D eigenvalue weighted by Gasteiger charge is -2.15. The van der Waals surface area contributed by atoms with Gasteiger partial charge < -0.3 is 20.5 Å². The van der Waals surface area contributed by atoms with E-state index in [9.17, 15) is 4.79 Å². The highest BCUT2D eigenvalue weighted by Crippen LogP contribution is 2.51. The molecule has 1 saturated carbocycles. The summed E-state index contributed by atoms with van der Waals surface area (Å²) in [7, 11) is 0. The Labute approximate surface area is 176 Å². The van der Waals surface area contributed by atoms with E-state index in [0.29, 0.717) is 21.7 Å². The van der Waals surface area contributed by atoms with E-state index in [2.05, 4.69) is 10.3 Å². The minimum Gasteiger partial charge on any atom is -0.454 e. The lowest BCUT2D eigenvalue weighted by atomic mass is 9.94. The molecule has 0 radical (unpaired) electrons. The van der Waals surface area contributed by atoms with Crippen molar-refractivity contribution in [1.29, 1.82) is 0 Å². The van der Waals surface area contributed by atoms with E-state index >= 15 is 0 Å². The van der Waals surface area contributed by atoms with Crippen LogP contribution in [0.4, 0.5) is 5.13 Å². The predicted molar refractivity (Wildman–Crippen MR) is 112 cm³/mol. The molecule has 3 aromatic rings. The van der Waals surface area contributed by atoms with E-state index in [1.807, 2.05) is 42.5 Å². The lowest BCUT2D eigenvalue weighted by Crippen LogP contribution is -2.27. The molecule has 1 aliphatic carbocycles. The minimum absolute atomic E-state index is 0.0661. The number of hydrogen-bond donors (Lipinski definition) is 2. The second kappa shape index (κ2) is 7.02. The number of carbonyl (C=O) groups is 1. The summed E-state index contributed by atoms with van der Waals surface area (Å²) in [4.78, 5) is 18.2. The van der Waals surface area contributed by atoms with Gasteiger partial charge in [-0.15, -0.1) is 0 Å². The number of ether oxygens (including phenoxy) is 2. The number of hydrogen-bond acceptors (Lipinski definition) is 6. The fourth-order valence-electron chi connectivity index (χ4n) is 3.55. The molecule has 0 spiro atoms. The highest BCUT2D eigenvalue weighted by Gasteiger charge is 2.52. The third-order valence-electron chi connectivity index (χ3n) is 5.40. The zero-order chi connectivity index (χ0) is 20.0. The van der Waals surface area contributed by atoms with Crippen molar-refractivity contribution < 1.29 is 14.3 Å². The molecule has 29 heavy (non-hydrogen) atoms. The summed E-state index contributed by atoms with van der Waals surface area (Å²) in [5.74, 6) is 1.33. The normalized spacial score (nSPS) is 17.0. The SMILES string of the molecule is NC(c1cnc(NC(=O)C2(c3ccc4c(c3)OCO4)CC2)s1)c1ccccc1Cl. The second-order valence-corrected chi connectivity index (χ2v) is 8.64. The Morgan fingerprint density at radius 2 is 2.00 bits per heavy atom. The van der Waals surface area contributed by atoms with Crippen LogP contribution in [0, 0.1) is 0 Å². The van der Waals surface area contributed by atoms with Crippen molar-refractivity contribution in [3.05, 3.63) is 69.7 Å². The molecule has 0 bridgehead atoms. The first-order valence-corrected chi connectivity index (χ1v) is 10.4. The van der Waals surface area contributed by atoms with Crippen LogP contribution in [0.5, 0.6) is 11.5 Å². The maximum absolute atomic E-state index is 13.0. The van der Waals surface area contributed by atoms with Gasteiger partial charge in [0.2, 0.25) is 12.7 Å². The number of carbonyl (C=O) groups excluding carboxylic acids is 1. The third kappa shape index (κ3) is 3.25. The molecule has 2 heterocycles. The molecular weight excluding hydrogens is 410 g/mol. The van der Waals surface area contributed by atoms with Gasteiger partial charge in [0.05, 0.1) is 11.5 Å². The minimum atomic E-state index is -0.544. The van der Waals surface area contributed by atoms with Crippen molar-refractivity contribution in [2.45, 2.75) is 24.3 Å². The fourth-order valence-corrected chi connectivity index (χ4v) is 4.64. The van der Waals surface area contributed by atoms with Crippen LogP contribution in [-0.2, 0) is 10.2 Å². The van der Waals surface area contributed by atoms with Crippen molar-refractivity contribution in [2.24, 2.45) is 5.73 Å². The van der Waals surface area contributed by atoms with Gasteiger partial charge in [-0.3, -0.25) is 4.79 Å². The van der Waals surface area contributed by atoms with E-state index in [0.717, 1.165) is 28.8 Å². The first-order chi connectivity index (χ1) is 14.1. The van der Waals surface area contributed by atoms with Gasteiger partial charge in [-0.05, 0) is 42.2 Å². The van der Waals surface area contributed by atoms with Crippen molar-refractivity contribution in [3.8, 4) is 11.5 Å². The molecule has 148 valence electrons. The number of nitrogens with zero attached hydrogens (tertiary/aromatic N) is 1. The number of nitrogens with one attached hydrogen (secondary N) is 1. The monoisotopic (exact) mass is 427 g/mol. The van der Waals surface area contributed by atoms with Crippen molar-refractivity contribution in [2.75, 3.05) is 12.1 Å². The molecule has 1 fully saturated rings. The van der Waals surface area contributed by atoms with Crippen LogP contribution in [-0.4, -0.2) is 17.7 Å². The average molecular weight is 428 g/mol. The number of aromatic nitrogens is 1. The summed E-state index contributed by atoms with van der Waals surface area (Å²) in [5, 5.41) is 4.10. The molecule has 1 unspecified atom stereocenters. The van der Waals surface area contributed by atoms with Gasteiger partial charge in [0, 0.05) is 16.1 Å². The topological polar surface area (TPSA) is 86.5 Å². The molecule has 5 rings (SSSR count). The first-order valence-electron chi connectivity index (χ1n) is 9.24. The van der Waals surface area contributed by atoms with E-state index in [1.165, 1.54) is 11.3 Å². The summed E-state index contributed by atoms with van der Waals surface area (Å²) in [5.41, 5.74) is 7.57. The number of nitrogens with two attached hydrogens (primary N) is 1. The fraction of sp³-hybridized carbons (Fsp3) is 0.238. The van der Waals surface area contributed by atoms with Crippen molar-refractivity contribution in [1.82, 2.24) is 4.98 Å². The van der Waals surface area contributed by atoms with Gasteiger partial charge >= 0.3 is 0 Å². The number of halogens is 1. The smallest absolute Gasteiger partial charge is 0.236 e. The number of rotatable bonds is 5. The Bertz CT molecular complexity index is 1100. The summed E-state index contributed by atoms with van der Waals surface area (Å²) >= 11 is 7.61. The maximum atomic E-state index is 13.0. The van der Waals surface area contributed by atoms with E-state index < -0.39 is 11.5 Å². The highest BCUT2D eigenvalue weighted by atomic mass is 35.5. The van der Waals surface area contributed by atoms with E-state index in [1.54, 1.807) is 6.20 Å². The molecule has 2 aromatic carbocycles. The summed E-state index contributed by atoms with van der Waals surface area (Å²) in [6.45, 7) is 0.214. The van der Waals surface area contributed by atoms with Gasteiger partial charge in [0.25, 0.3) is 0 Å². The number of thiazole rings is 1. The van der Waals surface area contributed by atoms with Gasteiger partial charge in [0.1, 0.15) is 0 Å². The molecule has 1 atom stereocenters. The second-order valence-electron chi connectivity index (χ2n) is 7.17. The molecule has 2 aliphatic rings. The number of benzene rings is 2. The van der Waals surface area contributed by atoms with Gasteiger partial charge in [-0.25, -0.2) is 4.98 Å². The molecular formula is C21H18ClN3O3S. The van der Waals surface area contributed by atoms with Crippen LogP contribution in [0.1, 0.15) is 34.9 Å². The van der Waals surface area contributed by atoms with Crippen molar-refractivity contribution in [3.63, 3.8) is 0 Å². The average Bonchev–Trinajstić information content (AvgIpc) is 3.18. The predicted octanol–water partition coefficient (Wildman–Crippen LogP) is 4.24. The summed E-state index contributed by atoms with van der Waals surface area (Å²) in [6.07, 6.45) is 3.26. The number of amides is 1. The van der Waals surface area contributed by atoms with Gasteiger partial charge in [0.15, 0.2) is 16.6 Å². The zero-order valence-corrected chi connectivity index (χ0v) is 16.9. The molecule has 3 N–H and O–H groups in total. The quantitative estimate of drug-likeness (QED) is 0.635. The molecule has 1 aromatic heterocycles. The molecule has 0 saturated heterocycles. The van der Waals surface area contributed by atoms with Crippen LogP contribution in [0.2, 0.25) is 5.02 Å². The zero-order valence-electron chi connectivity index (χ0n) is 15.4. The Morgan fingerprint density at radius 1 is 1.21 bits per heavy atom. The third-order valence-corrected chi connectivity index (χ3v) is 6.74. The Morgan fingerprint density at radius 3 is 2.79 bits per heavy atom. The van der Waals surface area contributed by atoms with Crippen LogP contribution in [0.15, 0.2) is 48.7 Å². The Hall–Kier alpha value is -2.61. The molecule has 8 heteroatoms. The number of anilines is 1. The van der Waals surface area contributed by atoms with E-state index in [-0.39, 0.29) is 12.7 Å². The van der Waals surface area contributed by atoms with E-state index in [4.69, 9.17) is 26.8 Å². The summed E-state index contributed by atoms with van der Waals surface area (Å²) < 4.78 is 10.8. The van der Waals surface area contributed by atoms with Crippen LogP contribution < -0.4 is 20.5 Å². The van der Waals surface area contributed by atoms with Crippen molar-refractivity contribution >= 4 is 34.0 Å². The van der Waals surface area contributed by atoms with Crippen LogP contribution >= 0.6 is 22.9 Å². The first kappa shape index (κ1) is 18.4. The van der Waals surface area contributed by atoms with Crippen LogP contribution in [0.3, 0.4) is 0 Å². The molecule has 6 nitrogen and oxygen atoms in total. The highest BCUT2D eigenvalue weighted by molar-refractivity contribution is 7.15. The molecule has 1 aliphatic heterocycles. The largest absolute Gasteiger partial charge is 0.454 e.